The van der Waals surface area contributed by atoms with Gasteiger partial charge in [0.2, 0.25) is 0 Å². The fraction of sp³-hybridized carbons (Fsp3) is 0.250. The Hall–Kier alpha value is -2.95. The zero-order chi connectivity index (χ0) is 18.4. The van der Waals surface area contributed by atoms with Crippen LogP contribution in [-0.2, 0) is 4.74 Å². The first-order valence-corrected chi connectivity index (χ1v) is 7.96. The van der Waals surface area contributed by atoms with Crippen LogP contribution in [0, 0.1) is 0 Å². The van der Waals surface area contributed by atoms with E-state index in [1.165, 1.54) is 0 Å². The Labute approximate surface area is 147 Å². The molecule has 0 bridgehead atoms. The second-order valence-corrected chi connectivity index (χ2v) is 6.59. The first-order valence-electron chi connectivity index (χ1n) is 7.96. The van der Waals surface area contributed by atoms with Gasteiger partial charge in [-0.3, -0.25) is 14.9 Å². The molecule has 25 heavy (non-hydrogen) atoms. The van der Waals surface area contributed by atoms with Gasteiger partial charge >= 0.3 is 6.09 Å². The molecule has 0 aliphatic heterocycles. The third-order valence-corrected chi connectivity index (χ3v) is 3.27. The standard InChI is InChI=1S/C20H21NO4/c1-20(2,3)25-19(24)21-16-11-9-15(10-12-16)18(23)13-17(22)14-7-5-4-6-8-14/h4-12H,13H2,1-3H3,(H,21,24). The van der Waals surface area contributed by atoms with Crippen molar-refractivity contribution in [2.45, 2.75) is 32.8 Å². The van der Waals surface area contributed by atoms with Crippen LogP contribution in [0.3, 0.4) is 0 Å². The summed E-state index contributed by atoms with van der Waals surface area (Å²) in [6.07, 6.45) is -0.756. The molecule has 0 fully saturated rings. The fourth-order valence-corrected chi connectivity index (χ4v) is 2.13. The lowest BCUT2D eigenvalue weighted by molar-refractivity contribution is 0.0635. The van der Waals surface area contributed by atoms with E-state index in [2.05, 4.69) is 5.32 Å². The summed E-state index contributed by atoms with van der Waals surface area (Å²) in [5.74, 6) is -0.487. The van der Waals surface area contributed by atoms with Crippen LogP contribution in [0.25, 0.3) is 0 Å². The molecule has 0 radical (unpaired) electrons. The molecule has 0 aromatic heterocycles. The molecule has 0 aliphatic carbocycles. The number of ketones is 2. The first-order chi connectivity index (χ1) is 11.7. The number of rotatable bonds is 5. The second kappa shape index (κ2) is 7.75. The van der Waals surface area contributed by atoms with Gasteiger partial charge in [-0.1, -0.05) is 30.3 Å². The van der Waals surface area contributed by atoms with E-state index in [4.69, 9.17) is 4.74 Å². The predicted molar refractivity (Wildman–Crippen MR) is 96.0 cm³/mol. The molecule has 2 rings (SSSR count). The van der Waals surface area contributed by atoms with E-state index in [0.717, 1.165) is 0 Å². The average Bonchev–Trinajstić information content (AvgIpc) is 2.54. The van der Waals surface area contributed by atoms with E-state index in [0.29, 0.717) is 16.8 Å². The third-order valence-electron chi connectivity index (χ3n) is 3.27. The molecule has 0 heterocycles. The minimum Gasteiger partial charge on any atom is -0.444 e. The Morgan fingerprint density at radius 1 is 0.840 bits per heavy atom. The van der Waals surface area contributed by atoms with Crippen LogP contribution >= 0.6 is 0 Å². The van der Waals surface area contributed by atoms with Gasteiger partial charge in [0, 0.05) is 16.8 Å². The van der Waals surface area contributed by atoms with Crippen LogP contribution in [0.1, 0.15) is 47.9 Å². The minimum atomic E-state index is -0.586. The van der Waals surface area contributed by atoms with Gasteiger partial charge in [0.05, 0.1) is 6.42 Å². The van der Waals surface area contributed by atoms with E-state index in [-0.39, 0.29) is 18.0 Å². The molecule has 5 nitrogen and oxygen atoms in total. The number of carbonyl (C=O) groups excluding carboxylic acids is 3. The van der Waals surface area contributed by atoms with Gasteiger partial charge in [0.1, 0.15) is 5.60 Å². The topological polar surface area (TPSA) is 72.5 Å². The van der Waals surface area contributed by atoms with E-state index < -0.39 is 11.7 Å². The van der Waals surface area contributed by atoms with Crippen molar-refractivity contribution in [2.75, 3.05) is 5.32 Å². The maximum absolute atomic E-state index is 12.2. The molecule has 0 aliphatic rings. The molecule has 1 N–H and O–H groups in total. The number of Topliss-reactive ketones (excluding diaryl/α,β-unsaturated/α-hetero) is 2. The molecule has 5 heteroatoms. The van der Waals surface area contributed by atoms with Crippen molar-refractivity contribution in [1.29, 1.82) is 0 Å². The van der Waals surface area contributed by atoms with Crippen molar-refractivity contribution in [3.8, 4) is 0 Å². The maximum atomic E-state index is 12.2. The lowest BCUT2D eigenvalue weighted by Crippen LogP contribution is -2.27. The number of hydrogen-bond donors (Lipinski definition) is 1. The SMILES string of the molecule is CC(C)(C)OC(=O)Nc1ccc(C(=O)CC(=O)c2ccccc2)cc1. The number of benzene rings is 2. The molecule has 2 aromatic rings. The first kappa shape index (κ1) is 18.4. The summed E-state index contributed by atoms with van der Waals surface area (Å²) in [7, 11) is 0. The monoisotopic (exact) mass is 339 g/mol. The highest BCUT2D eigenvalue weighted by Gasteiger charge is 2.17. The largest absolute Gasteiger partial charge is 0.444 e. The molecule has 0 saturated heterocycles. The van der Waals surface area contributed by atoms with Crippen LogP contribution in [0.15, 0.2) is 54.6 Å². The van der Waals surface area contributed by atoms with Gasteiger partial charge in [0.15, 0.2) is 11.6 Å². The van der Waals surface area contributed by atoms with Crippen LogP contribution in [-0.4, -0.2) is 23.3 Å². The van der Waals surface area contributed by atoms with Gasteiger partial charge in [-0.05, 0) is 45.0 Å². The van der Waals surface area contributed by atoms with Gasteiger partial charge < -0.3 is 4.74 Å². The van der Waals surface area contributed by atoms with Crippen molar-refractivity contribution < 1.29 is 19.1 Å². The van der Waals surface area contributed by atoms with Crippen molar-refractivity contribution in [1.82, 2.24) is 0 Å². The molecular weight excluding hydrogens is 318 g/mol. The molecule has 0 atom stereocenters. The third kappa shape index (κ3) is 5.88. The highest BCUT2D eigenvalue weighted by Crippen LogP contribution is 2.15. The summed E-state index contributed by atoms with van der Waals surface area (Å²) in [6.45, 7) is 5.33. The van der Waals surface area contributed by atoms with Gasteiger partial charge in [-0.15, -0.1) is 0 Å². The van der Waals surface area contributed by atoms with Crippen molar-refractivity contribution >= 4 is 23.3 Å². The van der Waals surface area contributed by atoms with Crippen molar-refractivity contribution in [2.24, 2.45) is 0 Å². The van der Waals surface area contributed by atoms with Gasteiger partial charge in [0.25, 0.3) is 0 Å². The molecule has 2 aromatic carbocycles. The zero-order valence-electron chi connectivity index (χ0n) is 14.5. The maximum Gasteiger partial charge on any atom is 0.412 e. The number of carbonyl (C=O) groups is 3. The molecular formula is C20H21NO4. The summed E-state index contributed by atoms with van der Waals surface area (Å²) >= 11 is 0. The quantitative estimate of drug-likeness (QED) is 0.643. The highest BCUT2D eigenvalue weighted by atomic mass is 16.6. The number of ether oxygens (including phenoxy) is 1. The Morgan fingerprint density at radius 3 is 1.88 bits per heavy atom. The number of anilines is 1. The summed E-state index contributed by atoms with van der Waals surface area (Å²) < 4.78 is 5.16. The Morgan fingerprint density at radius 2 is 1.36 bits per heavy atom. The number of hydrogen-bond acceptors (Lipinski definition) is 4. The van der Waals surface area contributed by atoms with Crippen LogP contribution < -0.4 is 5.32 Å². The predicted octanol–water partition coefficient (Wildman–Crippen LogP) is 4.49. The lowest BCUT2D eigenvalue weighted by Gasteiger charge is -2.19. The summed E-state index contributed by atoms with van der Waals surface area (Å²) in [6, 6.07) is 15.1. The van der Waals surface area contributed by atoms with E-state index in [1.54, 1.807) is 69.3 Å². The Balaban J connectivity index is 1.96. The normalized spacial score (nSPS) is 10.8. The molecule has 0 saturated carbocycles. The fourth-order valence-electron chi connectivity index (χ4n) is 2.13. The number of amides is 1. The van der Waals surface area contributed by atoms with E-state index in [1.807, 2.05) is 6.07 Å². The van der Waals surface area contributed by atoms with E-state index in [9.17, 15) is 14.4 Å². The summed E-state index contributed by atoms with van der Waals surface area (Å²) in [5, 5.41) is 2.59. The van der Waals surface area contributed by atoms with Crippen LogP contribution in [0.5, 0.6) is 0 Å². The van der Waals surface area contributed by atoms with Gasteiger partial charge in [-0.2, -0.15) is 0 Å². The minimum absolute atomic E-state index is 0.192. The summed E-state index contributed by atoms with van der Waals surface area (Å²) in [5.41, 5.74) is 0.857. The van der Waals surface area contributed by atoms with Crippen LogP contribution in [0.2, 0.25) is 0 Å². The van der Waals surface area contributed by atoms with Crippen molar-refractivity contribution in [3.63, 3.8) is 0 Å². The average molecular weight is 339 g/mol. The van der Waals surface area contributed by atoms with Crippen molar-refractivity contribution in [3.05, 3.63) is 65.7 Å². The highest BCUT2D eigenvalue weighted by molar-refractivity contribution is 6.13. The summed E-state index contributed by atoms with van der Waals surface area (Å²) in [4.78, 5) is 36.0. The second-order valence-electron chi connectivity index (χ2n) is 6.59. The molecule has 130 valence electrons. The van der Waals surface area contributed by atoms with Crippen LogP contribution in [0.4, 0.5) is 10.5 Å². The molecule has 0 spiro atoms. The molecule has 0 unspecified atom stereocenters. The van der Waals surface area contributed by atoms with Gasteiger partial charge in [-0.25, -0.2) is 4.79 Å². The molecule has 1 amide bonds. The smallest absolute Gasteiger partial charge is 0.412 e. The lowest BCUT2D eigenvalue weighted by atomic mass is 10.0. The Kier molecular flexibility index (Phi) is 5.70. The Bertz CT molecular complexity index is 759. The van der Waals surface area contributed by atoms with E-state index >= 15 is 0 Å². The number of nitrogens with one attached hydrogen (secondary N) is 1. The zero-order valence-corrected chi connectivity index (χ0v) is 14.5.